The van der Waals surface area contributed by atoms with E-state index in [2.05, 4.69) is 10.0 Å². The molecule has 0 aromatic heterocycles. The number of rotatable bonds is 6. The molecule has 2 aromatic carbocycles. The number of aryl methyl sites for hydroxylation is 1. The van der Waals surface area contributed by atoms with Crippen molar-refractivity contribution in [2.75, 3.05) is 0 Å². The van der Waals surface area contributed by atoms with Crippen LogP contribution < -0.4 is 10.0 Å². The maximum atomic E-state index is 12.3. The summed E-state index contributed by atoms with van der Waals surface area (Å²) in [7, 11) is -3.55. The van der Waals surface area contributed by atoms with Crippen LogP contribution in [0.4, 0.5) is 0 Å². The number of benzene rings is 2. The molecule has 2 N–H and O–H groups in total. The van der Waals surface area contributed by atoms with Gasteiger partial charge >= 0.3 is 0 Å². The van der Waals surface area contributed by atoms with Crippen molar-refractivity contribution in [3.63, 3.8) is 0 Å². The zero-order valence-electron chi connectivity index (χ0n) is 14.9. The maximum Gasteiger partial charge on any atom is 0.251 e. The Morgan fingerprint density at radius 2 is 1.62 bits per heavy atom. The fourth-order valence-electron chi connectivity index (χ4n) is 3.09. The lowest BCUT2D eigenvalue weighted by atomic mass is 10.1. The Labute approximate surface area is 154 Å². The summed E-state index contributed by atoms with van der Waals surface area (Å²) < 4.78 is 27.2. The molecule has 6 heteroatoms. The van der Waals surface area contributed by atoms with Gasteiger partial charge in [0.25, 0.3) is 5.91 Å². The van der Waals surface area contributed by atoms with Gasteiger partial charge in [-0.2, -0.15) is 0 Å². The molecule has 1 saturated carbocycles. The smallest absolute Gasteiger partial charge is 0.251 e. The van der Waals surface area contributed by atoms with E-state index < -0.39 is 10.0 Å². The van der Waals surface area contributed by atoms with Crippen LogP contribution in [0.25, 0.3) is 0 Å². The average molecular weight is 372 g/mol. The standard InChI is InChI=1S/C20H24N2O3S/c1-15-6-12-19(13-7-15)26(24,25)21-14-16-8-10-17(11-9-16)20(23)22-18-4-2-3-5-18/h6-13,18,21H,2-5,14H2,1H3,(H,22,23). The van der Waals surface area contributed by atoms with Gasteiger partial charge in [-0.1, -0.05) is 42.7 Å². The third kappa shape index (κ3) is 4.71. The van der Waals surface area contributed by atoms with Gasteiger partial charge in [0, 0.05) is 18.2 Å². The van der Waals surface area contributed by atoms with Crippen LogP contribution in [0.15, 0.2) is 53.4 Å². The van der Waals surface area contributed by atoms with E-state index in [9.17, 15) is 13.2 Å². The number of hydrogen-bond acceptors (Lipinski definition) is 3. The molecule has 3 rings (SSSR count). The van der Waals surface area contributed by atoms with Gasteiger partial charge in [-0.3, -0.25) is 4.79 Å². The number of carbonyl (C=O) groups excluding carboxylic acids is 1. The lowest BCUT2D eigenvalue weighted by molar-refractivity contribution is 0.0938. The van der Waals surface area contributed by atoms with Crippen LogP contribution in [0.2, 0.25) is 0 Å². The quantitative estimate of drug-likeness (QED) is 0.818. The third-order valence-corrected chi connectivity index (χ3v) is 6.12. The van der Waals surface area contributed by atoms with E-state index in [1.165, 1.54) is 12.8 Å². The van der Waals surface area contributed by atoms with Crippen LogP contribution in [0.3, 0.4) is 0 Å². The molecule has 0 saturated heterocycles. The Bertz CT molecular complexity index is 853. The summed E-state index contributed by atoms with van der Waals surface area (Å²) in [5.41, 5.74) is 2.41. The minimum absolute atomic E-state index is 0.0660. The summed E-state index contributed by atoms with van der Waals surface area (Å²) in [5, 5.41) is 3.05. The molecule has 26 heavy (non-hydrogen) atoms. The monoisotopic (exact) mass is 372 g/mol. The van der Waals surface area contributed by atoms with E-state index in [-0.39, 0.29) is 23.4 Å². The zero-order valence-corrected chi connectivity index (χ0v) is 15.7. The molecular formula is C20H24N2O3S. The molecule has 0 atom stereocenters. The van der Waals surface area contributed by atoms with Crippen LogP contribution in [0.5, 0.6) is 0 Å². The summed E-state index contributed by atoms with van der Waals surface area (Å²) >= 11 is 0. The summed E-state index contributed by atoms with van der Waals surface area (Å²) in [6, 6.07) is 14.0. The number of hydrogen-bond donors (Lipinski definition) is 2. The van der Waals surface area contributed by atoms with Gasteiger partial charge in [0.05, 0.1) is 4.90 Å². The number of amides is 1. The van der Waals surface area contributed by atoms with Gasteiger partial charge < -0.3 is 5.32 Å². The topological polar surface area (TPSA) is 75.3 Å². The highest BCUT2D eigenvalue weighted by Crippen LogP contribution is 2.18. The van der Waals surface area contributed by atoms with Gasteiger partial charge in [0.1, 0.15) is 0 Å². The van der Waals surface area contributed by atoms with Crippen LogP contribution in [-0.2, 0) is 16.6 Å². The molecule has 1 aliphatic carbocycles. The summed E-state index contributed by atoms with van der Waals surface area (Å²) in [4.78, 5) is 12.5. The predicted octanol–water partition coefficient (Wildman–Crippen LogP) is 3.15. The number of sulfonamides is 1. The number of carbonyl (C=O) groups is 1. The highest BCUT2D eigenvalue weighted by molar-refractivity contribution is 7.89. The predicted molar refractivity (Wildman–Crippen MR) is 101 cm³/mol. The molecule has 1 aliphatic rings. The van der Waals surface area contributed by atoms with Gasteiger partial charge in [-0.25, -0.2) is 13.1 Å². The minimum atomic E-state index is -3.55. The van der Waals surface area contributed by atoms with E-state index in [0.29, 0.717) is 5.56 Å². The lowest BCUT2D eigenvalue weighted by Crippen LogP contribution is -2.32. The Hall–Kier alpha value is -2.18. The van der Waals surface area contributed by atoms with Crippen LogP contribution >= 0.6 is 0 Å². The molecular weight excluding hydrogens is 348 g/mol. The molecule has 1 fully saturated rings. The molecule has 1 amide bonds. The fraction of sp³-hybridized carbons (Fsp3) is 0.350. The maximum absolute atomic E-state index is 12.3. The van der Waals surface area contributed by atoms with E-state index >= 15 is 0 Å². The molecule has 5 nitrogen and oxygen atoms in total. The van der Waals surface area contributed by atoms with Crippen LogP contribution in [0.1, 0.15) is 47.2 Å². The van der Waals surface area contributed by atoms with E-state index in [1.54, 1.807) is 48.5 Å². The van der Waals surface area contributed by atoms with Gasteiger partial charge in [0.2, 0.25) is 10.0 Å². The van der Waals surface area contributed by atoms with Crippen molar-refractivity contribution in [3.8, 4) is 0 Å². The normalized spacial score (nSPS) is 15.1. The lowest BCUT2D eigenvalue weighted by Gasteiger charge is -2.12. The van der Waals surface area contributed by atoms with Gasteiger partial charge in [0.15, 0.2) is 0 Å². The van der Waals surface area contributed by atoms with Crippen molar-refractivity contribution < 1.29 is 13.2 Å². The molecule has 0 bridgehead atoms. The van der Waals surface area contributed by atoms with E-state index in [1.807, 2.05) is 6.92 Å². The van der Waals surface area contributed by atoms with Crippen molar-refractivity contribution >= 4 is 15.9 Å². The third-order valence-electron chi connectivity index (χ3n) is 4.70. The van der Waals surface area contributed by atoms with Gasteiger partial charge in [-0.15, -0.1) is 0 Å². The van der Waals surface area contributed by atoms with Crippen molar-refractivity contribution in [1.29, 1.82) is 0 Å². The average Bonchev–Trinajstić information content (AvgIpc) is 3.14. The Morgan fingerprint density at radius 1 is 1.00 bits per heavy atom. The van der Waals surface area contributed by atoms with E-state index in [4.69, 9.17) is 0 Å². The second kappa shape index (κ2) is 8.01. The fourth-order valence-corrected chi connectivity index (χ4v) is 4.11. The zero-order chi connectivity index (χ0) is 18.6. The molecule has 0 unspecified atom stereocenters. The molecule has 0 aliphatic heterocycles. The van der Waals surface area contributed by atoms with Crippen LogP contribution in [-0.4, -0.2) is 20.4 Å². The Kier molecular flexibility index (Phi) is 5.74. The molecule has 0 radical (unpaired) electrons. The SMILES string of the molecule is Cc1ccc(S(=O)(=O)NCc2ccc(C(=O)NC3CCCC3)cc2)cc1. The molecule has 2 aromatic rings. The Balaban J connectivity index is 1.58. The first-order valence-electron chi connectivity index (χ1n) is 8.90. The largest absolute Gasteiger partial charge is 0.349 e. The second-order valence-electron chi connectivity index (χ2n) is 6.79. The van der Waals surface area contributed by atoms with Crippen molar-refractivity contribution in [1.82, 2.24) is 10.0 Å². The minimum Gasteiger partial charge on any atom is -0.349 e. The first-order chi connectivity index (χ1) is 12.4. The highest BCUT2D eigenvalue weighted by Gasteiger charge is 2.18. The molecule has 138 valence electrons. The summed E-state index contributed by atoms with van der Waals surface area (Å²) in [5.74, 6) is -0.0660. The highest BCUT2D eigenvalue weighted by atomic mass is 32.2. The van der Waals surface area contributed by atoms with Crippen molar-refractivity contribution in [2.45, 2.75) is 50.1 Å². The first kappa shape index (κ1) is 18.6. The van der Waals surface area contributed by atoms with Crippen LogP contribution in [0, 0.1) is 6.92 Å². The summed E-state index contributed by atoms with van der Waals surface area (Å²) in [6.45, 7) is 2.09. The first-order valence-corrected chi connectivity index (χ1v) is 10.4. The summed E-state index contributed by atoms with van der Waals surface area (Å²) in [6.07, 6.45) is 4.44. The Morgan fingerprint density at radius 3 is 2.23 bits per heavy atom. The van der Waals surface area contributed by atoms with Gasteiger partial charge in [-0.05, 0) is 49.6 Å². The second-order valence-corrected chi connectivity index (χ2v) is 8.56. The van der Waals surface area contributed by atoms with E-state index in [0.717, 1.165) is 24.0 Å². The molecule has 0 heterocycles. The number of nitrogens with one attached hydrogen (secondary N) is 2. The van der Waals surface area contributed by atoms with Crippen molar-refractivity contribution in [2.24, 2.45) is 0 Å². The molecule has 0 spiro atoms. The van der Waals surface area contributed by atoms with Crippen molar-refractivity contribution in [3.05, 3.63) is 65.2 Å².